The molecule has 7 heteroatoms. The maximum atomic E-state index is 8.76. The van der Waals surface area contributed by atoms with E-state index < -0.39 is 0 Å². The van der Waals surface area contributed by atoms with Crippen LogP contribution in [0.25, 0.3) is 0 Å². The van der Waals surface area contributed by atoms with Crippen molar-refractivity contribution in [3.8, 4) is 11.5 Å². The minimum Gasteiger partial charge on any atom is -0.508 e. The van der Waals surface area contributed by atoms with Crippen molar-refractivity contribution in [2.45, 2.75) is 0 Å². The fraction of sp³-hybridized carbons (Fsp3) is 0. The van der Waals surface area contributed by atoms with E-state index in [1.54, 1.807) is 36.4 Å². The van der Waals surface area contributed by atoms with Gasteiger partial charge in [-0.05, 0) is 24.3 Å². The normalized spacial score (nSPS) is 8.79. The van der Waals surface area contributed by atoms with Crippen LogP contribution in [0.3, 0.4) is 0 Å². The van der Waals surface area contributed by atoms with Gasteiger partial charge < -0.3 is 15.7 Å². The summed E-state index contributed by atoms with van der Waals surface area (Å²) in [6.45, 7) is 0. The largest absolute Gasteiger partial charge is 0.508 e. The summed E-state index contributed by atoms with van der Waals surface area (Å²) in [5.74, 6) is 0.642. The number of rotatable bonds is 2. The second-order valence-corrected chi connectivity index (χ2v) is 3.46. The van der Waals surface area contributed by atoms with E-state index in [2.05, 4.69) is 10.6 Å². The first-order valence-corrected chi connectivity index (χ1v) is 5.15. The number of phenols is 1. The van der Waals surface area contributed by atoms with Crippen molar-refractivity contribution in [1.82, 2.24) is 0 Å². The molecule has 2 aromatic carbocycles. The van der Waals surface area contributed by atoms with Crippen LogP contribution in [0.4, 0.5) is 11.4 Å². The van der Waals surface area contributed by atoms with Gasteiger partial charge in [-0.15, -0.1) is 0 Å². The molecule has 0 saturated heterocycles. The summed E-state index contributed by atoms with van der Waals surface area (Å²) in [6, 6.07) is 13.1. The summed E-state index contributed by atoms with van der Waals surface area (Å²) < 4.78 is 0. The molecule has 0 aliphatic carbocycles. The number of aromatic hydroxyl groups is 1. The Bertz CT molecular complexity index is 417. The first-order chi connectivity index (χ1) is 8.65. The fourth-order valence-corrected chi connectivity index (χ4v) is 1.11. The number of nitrogens with two attached hydrogens (primary N) is 1. The molecular formula is C12H16N2O4Y+2. The molecule has 2 rings (SSSR count). The monoisotopic (exact) mass is 341 g/mol. The van der Waals surface area contributed by atoms with E-state index in [-0.39, 0.29) is 38.5 Å². The Balaban J connectivity index is 0.000000324. The molecule has 0 fully saturated rings. The van der Waals surface area contributed by atoms with E-state index in [1.165, 1.54) is 12.1 Å². The molecule has 0 spiro atoms. The molecule has 0 aliphatic rings. The second kappa shape index (κ2) is 9.85. The van der Waals surface area contributed by atoms with Crippen molar-refractivity contribution >= 4 is 11.4 Å². The van der Waals surface area contributed by atoms with Crippen LogP contribution in [0.5, 0.6) is 11.5 Å². The van der Waals surface area contributed by atoms with Crippen LogP contribution in [0.2, 0.25) is 0 Å². The summed E-state index contributed by atoms with van der Waals surface area (Å²) >= 11 is 0. The first-order valence-electron chi connectivity index (χ1n) is 5.15. The van der Waals surface area contributed by atoms with E-state index in [4.69, 9.17) is 15.6 Å². The van der Waals surface area contributed by atoms with E-state index in [0.29, 0.717) is 11.4 Å². The smallest absolute Gasteiger partial charge is 0.165 e. The Hall–Kier alpha value is -1.02. The molecule has 0 heterocycles. The van der Waals surface area contributed by atoms with E-state index in [9.17, 15) is 0 Å². The number of hydrogen-bond donors (Lipinski definition) is 5. The molecular weight excluding hydrogens is 325 g/mol. The van der Waals surface area contributed by atoms with E-state index >= 15 is 0 Å². The fourth-order valence-electron chi connectivity index (χ4n) is 1.11. The van der Waals surface area contributed by atoms with Gasteiger partial charge in [0.15, 0.2) is 11.4 Å². The summed E-state index contributed by atoms with van der Waals surface area (Å²) in [4.78, 5) is 3.94. The predicted molar refractivity (Wildman–Crippen MR) is 63.7 cm³/mol. The molecule has 8 N–H and O–H groups in total. The number of benzene rings is 2. The maximum Gasteiger partial charge on any atom is 0.165 e. The van der Waals surface area contributed by atoms with Gasteiger partial charge in [-0.3, -0.25) is 0 Å². The zero-order valence-corrected chi connectivity index (χ0v) is 13.1. The number of phenolic OH excluding ortho intramolecular Hbond substituents is 1. The van der Waals surface area contributed by atoms with Crippen LogP contribution >= 0.6 is 0 Å². The third-order valence-electron chi connectivity index (χ3n) is 2.07. The van der Waals surface area contributed by atoms with Gasteiger partial charge in [0, 0.05) is 57.0 Å². The van der Waals surface area contributed by atoms with Crippen molar-refractivity contribution in [3.63, 3.8) is 0 Å². The molecule has 0 bridgehead atoms. The Labute approximate surface area is 135 Å². The van der Waals surface area contributed by atoms with Gasteiger partial charge in [-0.1, -0.05) is 0 Å². The van der Waals surface area contributed by atoms with Gasteiger partial charge in [0.05, 0.1) is 0 Å². The second-order valence-electron chi connectivity index (χ2n) is 3.46. The number of quaternary nitrogens is 2. The van der Waals surface area contributed by atoms with Crippen molar-refractivity contribution < 1.29 is 64.4 Å². The van der Waals surface area contributed by atoms with E-state index in [0.717, 1.165) is 11.2 Å². The summed E-state index contributed by atoms with van der Waals surface area (Å²) in [7, 11) is 0. The summed E-state index contributed by atoms with van der Waals surface area (Å²) in [6.07, 6.45) is 0. The molecule has 19 heavy (non-hydrogen) atoms. The predicted octanol–water partition coefficient (Wildman–Crippen LogP) is 0.386. The van der Waals surface area contributed by atoms with Gasteiger partial charge in [0.1, 0.15) is 11.4 Å². The Morgan fingerprint density at radius 1 is 0.947 bits per heavy atom. The van der Waals surface area contributed by atoms with Crippen LogP contribution < -0.4 is 16.1 Å². The van der Waals surface area contributed by atoms with Crippen molar-refractivity contribution in [1.29, 1.82) is 0 Å². The molecule has 0 unspecified atom stereocenters. The van der Waals surface area contributed by atoms with Crippen molar-refractivity contribution in [2.24, 2.45) is 0 Å². The molecule has 0 aromatic heterocycles. The van der Waals surface area contributed by atoms with Crippen LogP contribution in [0.15, 0.2) is 48.5 Å². The minimum absolute atomic E-state index is 0. The van der Waals surface area contributed by atoms with E-state index in [1.807, 2.05) is 0 Å². The summed E-state index contributed by atoms with van der Waals surface area (Å²) in [5.41, 5.74) is 6.23. The molecule has 1 radical (unpaired) electrons. The Morgan fingerprint density at radius 3 is 1.89 bits per heavy atom. The number of hydrogen-bond acceptors (Lipinski definition) is 4. The third kappa shape index (κ3) is 7.22. The van der Waals surface area contributed by atoms with Crippen molar-refractivity contribution in [3.05, 3.63) is 48.5 Å². The SMILES string of the molecule is O[NH2+]c1ccc(O)cc1.[NH3+]c1ccc(OO)cc1.[Y]. The summed E-state index contributed by atoms with van der Waals surface area (Å²) in [5, 5.41) is 25.3. The van der Waals surface area contributed by atoms with Crippen molar-refractivity contribution in [2.75, 3.05) is 0 Å². The molecule has 6 nitrogen and oxygen atoms in total. The third-order valence-corrected chi connectivity index (χ3v) is 2.07. The zero-order chi connectivity index (χ0) is 13.4. The quantitative estimate of drug-likeness (QED) is 0.235. The Kier molecular flexibility index (Phi) is 9.33. The molecule has 99 valence electrons. The van der Waals surface area contributed by atoms with Gasteiger partial charge in [-0.2, -0.15) is 5.48 Å². The standard InChI is InChI=1S/2C6H7NO2.Y/c7-5-1-3-6(9-8)4-2-5;8-6-3-1-5(7-9)2-4-6;/h1-4,8H,7H2;1-4,7-9H;/p+2. The average molecular weight is 341 g/mol. The van der Waals surface area contributed by atoms with Crippen LogP contribution in [-0.2, 0) is 32.7 Å². The van der Waals surface area contributed by atoms with Gasteiger partial charge in [0.25, 0.3) is 0 Å². The first kappa shape index (κ1) is 18.0. The molecule has 0 saturated carbocycles. The Morgan fingerprint density at radius 2 is 1.47 bits per heavy atom. The molecule has 0 atom stereocenters. The topological polar surface area (TPSA) is 114 Å². The zero-order valence-electron chi connectivity index (χ0n) is 10.2. The van der Waals surface area contributed by atoms with Crippen LogP contribution in [-0.4, -0.2) is 15.6 Å². The molecule has 2 aromatic rings. The average Bonchev–Trinajstić information content (AvgIpc) is 2.41. The van der Waals surface area contributed by atoms with Crippen LogP contribution in [0, 0.1) is 0 Å². The maximum absolute atomic E-state index is 8.76. The van der Waals surface area contributed by atoms with Crippen LogP contribution in [0.1, 0.15) is 0 Å². The minimum atomic E-state index is 0. The van der Waals surface area contributed by atoms with Gasteiger partial charge >= 0.3 is 0 Å². The molecule has 0 aliphatic heterocycles. The van der Waals surface area contributed by atoms with Gasteiger partial charge in [0.2, 0.25) is 0 Å². The molecule has 0 amide bonds. The van der Waals surface area contributed by atoms with Gasteiger partial charge in [-0.25, -0.2) is 10.5 Å².